The number of carbonyl (C=O) groups is 1. The Hall–Kier alpha value is -1.36. The number of amides is 1. The lowest BCUT2D eigenvalue weighted by Gasteiger charge is -2.18. The van der Waals surface area contributed by atoms with E-state index in [1.165, 1.54) is 0 Å². The van der Waals surface area contributed by atoms with E-state index >= 15 is 0 Å². The first-order valence-electron chi connectivity index (χ1n) is 6.13. The normalized spacial score (nSPS) is 10.5. The molecule has 1 heterocycles. The maximum absolute atomic E-state index is 11.7. The fourth-order valence-corrected chi connectivity index (χ4v) is 1.70. The molecule has 5 nitrogen and oxygen atoms in total. The highest BCUT2D eigenvalue weighted by atomic mass is 16.2. The molecule has 0 unspecified atom stereocenters. The van der Waals surface area contributed by atoms with E-state index in [4.69, 9.17) is 0 Å². The molecule has 1 aromatic heterocycles. The molecule has 0 saturated heterocycles. The third kappa shape index (κ3) is 4.19. The minimum absolute atomic E-state index is 0.211. The molecule has 0 fully saturated rings. The number of rotatable bonds is 7. The SMILES string of the molecule is CCN(CC)C(=O)CCNCc1nccn1C. The van der Waals surface area contributed by atoms with Crippen LogP contribution >= 0.6 is 0 Å². The van der Waals surface area contributed by atoms with Crippen LogP contribution in [0.1, 0.15) is 26.1 Å². The maximum Gasteiger partial charge on any atom is 0.223 e. The molecule has 0 saturated carbocycles. The summed E-state index contributed by atoms with van der Waals surface area (Å²) < 4.78 is 1.97. The molecule has 1 rings (SSSR count). The van der Waals surface area contributed by atoms with E-state index in [1.807, 2.05) is 36.6 Å². The Morgan fingerprint density at radius 3 is 2.71 bits per heavy atom. The summed E-state index contributed by atoms with van der Waals surface area (Å²) in [6.07, 6.45) is 4.24. The van der Waals surface area contributed by atoms with Crippen molar-refractivity contribution in [3.05, 3.63) is 18.2 Å². The van der Waals surface area contributed by atoms with Gasteiger partial charge in [0.25, 0.3) is 0 Å². The standard InChI is InChI=1S/C12H22N4O/c1-4-16(5-2)12(17)6-7-13-10-11-14-8-9-15(11)3/h8-9,13H,4-7,10H2,1-3H3. The molecule has 1 N–H and O–H groups in total. The van der Waals surface area contributed by atoms with Crippen molar-refractivity contribution in [3.8, 4) is 0 Å². The van der Waals surface area contributed by atoms with Gasteiger partial charge in [0.1, 0.15) is 5.82 Å². The lowest BCUT2D eigenvalue weighted by molar-refractivity contribution is -0.130. The molecule has 0 aliphatic carbocycles. The largest absolute Gasteiger partial charge is 0.343 e. The molecule has 0 aromatic carbocycles. The fourth-order valence-electron chi connectivity index (χ4n) is 1.70. The maximum atomic E-state index is 11.7. The Labute approximate surface area is 103 Å². The molecule has 0 spiro atoms. The zero-order chi connectivity index (χ0) is 12.7. The first-order valence-corrected chi connectivity index (χ1v) is 6.13. The summed E-state index contributed by atoms with van der Waals surface area (Å²) in [5, 5.41) is 3.23. The van der Waals surface area contributed by atoms with Crippen LogP contribution in [0.5, 0.6) is 0 Å². The molecular formula is C12H22N4O. The fraction of sp³-hybridized carbons (Fsp3) is 0.667. The van der Waals surface area contributed by atoms with Crippen molar-refractivity contribution in [2.45, 2.75) is 26.8 Å². The molecule has 17 heavy (non-hydrogen) atoms. The lowest BCUT2D eigenvalue weighted by Crippen LogP contribution is -2.32. The van der Waals surface area contributed by atoms with Crippen molar-refractivity contribution in [1.29, 1.82) is 0 Å². The van der Waals surface area contributed by atoms with Gasteiger partial charge < -0.3 is 14.8 Å². The van der Waals surface area contributed by atoms with Gasteiger partial charge in [-0.3, -0.25) is 4.79 Å². The van der Waals surface area contributed by atoms with Gasteiger partial charge in [-0.1, -0.05) is 0 Å². The van der Waals surface area contributed by atoms with Gasteiger partial charge in [0, 0.05) is 45.5 Å². The van der Waals surface area contributed by atoms with Gasteiger partial charge in [-0.25, -0.2) is 4.98 Å². The quantitative estimate of drug-likeness (QED) is 0.714. The van der Waals surface area contributed by atoms with E-state index in [1.54, 1.807) is 6.20 Å². The van der Waals surface area contributed by atoms with Crippen molar-refractivity contribution in [3.63, 3.8) is 0 Å². The highest BCUT2D eigenvalue weighted by Gasteiger charge is 2.08. The number of imidazole rings is 1. The summed E-state index contributed by atoms with van der Waals surface area (Å²) >= 11 is 0. The van der Waals surface area contributed by atoms with Crippen LogP contribution in [0.2, 0.25) is 0 Å². The molecule has 0 aliphatic heterocycles. The first-order chi connectivity index (χ1) is 8.19. The summed E-state index contributed by atoms with van der Waals surface area (Å²) in [6.45, 7) is 6.98. The zero-order valence-electron chi connectivity index (χ0n) is 10.9. The Balaban J connectivity index is 2.20. The topological polar surface area (TPSA) is 50.2 Å². The van der Waals surface area contributed by atoms with Crippen LogP contribution in [0.25, 0.3) is 0 Å². The van der Waals surface area contributed by atoms with Gasteiger partial charge in [-0.2, -0.15) is 0 Å². The van der Waals surface area contributed by atoms with Gasteiger partial charge in [0.2, 0.25) is 5.91 Å². The van der Waals surface area contributed by atoms with Crippen molar-refractivity contribution >= 4 is 5.91 Å². The molecule has 0 atom stereocenters. The van der Waals surface area contributed by atoms with Crippen LogP contribution in [0.15, 0.2) is 12.4 Å². The minimum Gasteiger partial charge on any atom is -0.343 e. The van der Waals surface area contributed by atoms with Crippen LogP contribution in [0.3, 0.4) is 0 Å². The number of hydrogen-bond donors (Lipinski definition) is 1. The lowest BCUT2D eigenvalue weighted by atomic mass is 10.3. The average Bonchev–Trinajstić information content (AvgIpc) is 2.72. The van der Waals surface area contributed by atoms with Crippen molar-refractivity contribution < 1.29 is 4.79 Å². The first kappa shape index (κ1) is 13.7. The van der Waals surface area contributed by atoms with Crippen LogP contribution in [-0.2, 0) is 18.4 Å². The Morgan fingerprint density at radius 2 is 2.18 bits per heavy atom. The molecule has 0 aliphatic rings. The van der Waals surface area contributed by atoms with E-state index in [2.05, 4.69) is 10.3 Å². The predicted molar refractivity (Wildman–Crippen MR) is 67.5 cm³/mol. The molecule has 96 valence electrons. The predicted octanol–water partition coefficient (Wildman–Crippen LogP) is 0.768. The number of nitrogens with zero attached hydrogens (tertiary/aromatic N) is 3. The van der Waals surface area contributed by atoms with Crippen molar-refractivity contribution in [1.82, 2.24) is 19.8 Å². The number of aromatic nitrogens is 2. The molecule has 5 heteroatoms. The van der Waals surface area contributed by atoms with Gasteiger partial charge in [-0.05, 0) is 13.8 Å². The molecule has 0 radical (unpaired) electrons. The van der Waals surface area contributed by atoms with E-state index in [0.717, 1.165) is 18.9 Å². The van der Waals surface area contributed by atoms with Gasteiger partial charge in [0.05, 0.1) is 6.54 Å². The van der Waals surface area contributed by atoms with Crippen molar-refractivity contribution in [2.24, 2.45) is 7.05 Å². The van der Waals surface area contributed by atoms with Crippen LogP contribution in [0.4, 0.5) is 0 Å². The molecular weight excluding hydrogens is 216 g/mol. The summed E-state index contributed by atoms with van der Waals surface area (Å²) in [6, 6.07) is 0. The molecule has 1 aromatic rings. The second-order valence-electron chi connectivity index (χ2n) is 3.95. The van der Waals surface area contributed by atoms with Crippen LogP contribution in [-0.4, -0.2) is 40.0 Å². The Kier molecular flexibility index (Phi) is 5.69. The van der Waals surface area contributed by atoms with Crippen LogP contribution < -0.4 is 5.32 Å². The Bertz CT molecular complexity index is 344. The van der Waals surface area contributed by atoms with Crippen LogP contribution in [0, 0.1) is 0 Å². The minimum atomic E-state index is 0.211. The summed E-state index contributed by atoms with van der Waals surface area (Å²) in [7, 11) is 1.96. The van der Waals surface area contributed by atoms with Crippen molar-refractivity contribution in [2.75, 3.05) is 19.6 Å². The monoisotopic (exact) mass is 238 g/mol. The zero-order valence-corrected chi connectivity index (χ0v) is 10.9. The third-order valence-electron chi connectivity index (χ3n) is 2.84. The van der Waals surface area contributed by atoms with Gasteiger partial charge in [-0.15, -0.1) is 0 Å². The number of nitrogens with one attached hydrogen (secondary N) is 1. The highest BCUT2D eigenvalue weighted by molar-refractivity contribution is 5.76. The summed E-state index contributed by atoms with van der Waals surface area (Å²) in [5.74, 6) is 1.20. The number of hydrogen-bond acceptors (Lipinski definition) is 3. The summed E-state index contributed by atoms with van der Waals surface area (Å²) in [4.78, 5) is 17.8. The second-order valence-corrected chi connectivity index (χ2v) is 3.95. The number of aryl methyl sites for hydroxylation is 1. The van der Waals surface area contributed by atoms with Gasteiger partial charge >= 0.3 is 0 Å². The highest BCUT2D eigenvalue weighted by Crippen LogP contribution is 1.95. The average molecular weight is 238 g/mol. The van der Waals surface area contributed by atoms with Gasteiger partial charge in [0.15, 0.2) is 0 Å². The smallest absolute Gasteiger partial charge is 0.223 e. The number of carbonyl (C=O) groups excluding carboxylic acids is 1. The van der Waals surface area contributed by atoms with E-state index in [0.29, 0.717) is 19.5 Å². The van der Waals surface area contributed by atoms with E-state index in [-0.39, 0.29) is 5.91 Å². The second kappa shape index (κ2) is 7.06. The van der Waals surface area contributed by atoms with E-state index < -0.39 is 0 Å². The third-order valence-corrected chi connectivity index (χ3v) is 2.84. The molecule has 0 bridgehead atoms. The summed E-state index contributed by atoms with van der Waals surface area (Å²) in [5.41, 5.74) is 0. The Morgan fingerprint density at radius 1 is 1.47 bits per heavy atom. The van der Waals surface area contributed by atoms with E-state index in [9.17, 15) is 4.79 Å². The molecule has 1 amide bonds.